The average molecular weight is 338 g/mol. The van der Waals surface area contributed by atoms with Crippen LogP contribution < -0.4 is 5.32 Å². The van der Waals surface area contributed by atoms with E-state index in [2.05, 4.69) is 25.4 Å². The Labute approximate surface area is 134 Å². The van der Waals surface area contributed by atoms with Gasteiger partial charge in [-0.25, -0.2) is 4.98 Å². The van der Waals surface area contributed by atoms with Crippen LogP contribution in [0.4, 0.5) is 19.0 Å². The normalized spacial score (nSPS) is 11.9. The van der Waals surface area contributed by atoms with Gasteiger partial charge in [0.05, 0.1) is 24.5 Å². The third kappa shape index (κ3) is 3.27. The molecule has 0 unspecified atom stereocenters. The van der Waals surface area contributed by atoms with Gasteiger partial charge in [0.15, 0.2) is 0 Å². The molecule has 0 saturated carbocycles. The highest BCUT2D eigenvalue weighted by molar-refractivity contribution is 5.45. The van der Waals surface area contributed by atoms with Crippen molar-refractivity contribution < 1.29 is 18.3 Å². The van der Waals surface area contributed by atoms with Crippen molar-refractivity contribution in [2.75, 3.05) is 5.32 Å². The molecular formula is C14H13F3N6O. The number of nitrogens with one attached hydrogen (secondary N) is 1. The van der Waals surface area contributed by atoms with E-state index in [0.717, 1.165) is 4.52 Å². The summed E-state index contributed by atoms with van der Waals surface area (Å²) in [4.78, 5) is 11.6. The standard InChI is InChI=1S/C14H13F3N6O/c1-8-5-11(18-6-9-3-2-4-10(7-24)20-9)23-13(19-8)21-12(22-23)14(15,16)17/h2-5,18,24H,6-7H2,1H3. The van der Waals surface area contributed by atoms with Gasteiger partial charge in [0.25, 0.3) is 11.6 Å². The second-order valence-corrected chi connectivity index (χ2v) is 5.06. The summed E-state index contributed by atoms with van der Waals surface area (Å²) >= 11 is 0. The topological polar surface area (TPSA) is 88.2 Å². The zero-order valence-electron chi connectivity index (χ0n) is 12.5. The van der Waals surface area contributed by atoms with Gasteiger partial charge in [-0.15, -0.1) is 5.10 Å². The zero-order valence-corrected chi connectivity index (χ0v) is 12.5. The van der Waals surface area contributed by atoms with Gasteiger partial charge in [-0.1, -0.05) is 6.07 Å². The van der Waals surface area contributed by atoms with Crippen LogP contribution >= 0.6 is 0 Å². The van der Waals surface area contributed by atoms with Crippen LogP contribution in [0, 0.1) is 6.92 Å². The molecule has 10 heteroatoms. The Balaban J connectivity index is 1.92. The maximum atomic E-state index is 12.8. The third-order valence-electron chi connectivity index (χ3n) is 3.17. The fourth-order valence-corrected chi connectivity index (χ4v) is 2.13. The molecule has 0 saturated heterocycles. The van der Waals surface area contributed by atoms with Gasteiger partial charge in [-0.05, 0) is 19.1 Å². The molecule has 0 fully saturated rings. The minimum absolute atomic E-state index is 0.137. The molecule has 0 aliphatic heterocycles. The van der Waals surface area contributed by atoms with Crippen molar-refractivity contribution in [1.82, 2.24) is 24.6 Å². The van der Waals surface area contributed by atoms with Crippen LogP contribution in [0.5, 0.6) is 0 Å². The first-order valence-corrected chi connectivity index (χ1v) is 6.98. The van der Waals surface area contributed by atoms with E-state index in [-0.39, 0.29) is 18.9 Å². The molecule has 3 aromatic heterocycles. The van der Waals surface area contributed by atoms with Gasteiger partial charge in [0.1, 0.15) is 5.82 Å². The molecule has 0 radical (unpaired) electrons. The number of hydrogen-bond donors (Lipinski definition) is 2. The minimum Gasteiger partial charge on any atom is -0.390 e. The van der Waals surface area contributed by atoms with Gasteiger partial charge >= 0.3 is 6.18 Å². The number of rotatable bonds is 4. The van der Waals surface area contributed by atoms with Crippen LogP contribution in [0.25, 0.3) is 5.78 Å². The van der Waals surface area contributed by atoms with Gasteiger partial charge in [0, 0.05) is 11.8 Å². The molecular weight excluding hydrogens is 325 g/mol. The number of fused-ring (bicyclic) bond motifs is 1. The Morgan fingerprint density at radius 3 is 2.62 bits per heavy atom. The summed E-state index contributed by atoms with van der Waals surface area (Å²) in [5.41, 5.74) is 1.63. The highest BCUT2D eigenvalue weighted by Gasteiger charge is 2.36. The number of halogens is 3. The maximum absolute atomic E-state index is 12.8. The molecule has 24 heavy (non-hydrogen) atoms. The molecule has 126 valence electrons. The Kier molecular flexibility index (Phi) is 4.06. The van der Waals surface area contributed by atoms with Crippen molar-refractivity contribution >= 4 is 11.6 Å². The molecule has 0 amide bonds. The molecule has 3 aromatic rings. The molecule has 0 aliphatic carbocycles. The monoisotopic (exact) mass is 338 g/mol. The summed E-state index contributed by atoms with van der Waals surface area (Å²) in [6.07, 6.45) is -4.64. The Morgan fingerprint density at radius 2 is 1.92 bits per heavy atom. The number of alkyl halides is 3. The lowest BCUT2D eigenvalue weighted by Crippen LogP contribution is -2.10. The van der Waals surface area contributed by atoms with Crippen LogP contribution in [-0.4, -0.2) is 29.7 Å². The second-order valence-electron chi connectivity index (χ2n) is 5.06. The Morgan fingerprint density at radius 1 is 1.17 bits per heavy atom. The molecule has 0 bridgehead atoms. The predicted molar refractivity (Wildman–Crippen MR) is 78.0 cm³/mol. The average Bonchev–Trinajstić information content (AvgIpc) is 2.97. The number of aryl methyl sites for hydroxylation is 1. The number of aliphatic hydroxyl groups is 1. The smallest absolute Gasteiger partial charge is 0.390 e. The van der Waals surface area contributed by atoms with Crippen molar-refractivity contribution in [3.05, 3.63) is 47.2 Å². The summed E-state index contributed by atoms with van der Waals surface area (Å²) in [5, 5.41) is 15.5. The molecule has 2 N–H and O–H groups in total. The SMILES string of the molecule is Cc1cc(NCc2cccc(CO)n2)n2nc(C(F)(F)F)nc2n1. The van der Waals surface area contributed by atoms with E-state index in [1.54, 1.807) is 31.2 Å². The van der Waals surface area contributed by atoms with E-state index in [1.165, 1.54) is 0 Å². The van der Waals surface area contributed by atoms with Crippen molar-refractivity contribution in [3.8, 4) is 0 Å². The lowest BCUT2D eigenvalue weighted by molar-refractivity contribution is -0.144. The number of pyridine rings is 1. The third-order valence-corrected chi connectivity index (χ3v) is 3.17. The first kappa shape index (κ1) is 16.1. The molecule has 3 rings (SSSR count). The van der Waals surface area contributed by atoms with Crippen molar-refractivity contribution in [1.29, 1.82) is 0 Å². The van der Waals surface area contributed by atoms with Crippen LogP contribution in [-0.2, 0) is 19.3 Å². The molecule has 3 heterocycles. The first-order chi connectivity index (χ1) is 11.4. The van der Waals surface area contributed by atoms with E-state index in [4.69, 9.17) is 5.11 Å². The summed E-state index contributed by atoms with van der Waals surface area (Å²) in [5.74, 6) is -1.07. The van der Waals surface area contributed by atoms with Crippen LogP contribution in [0.2, 0.25) is 0 Å². The number of aliphatic hydroxyl groups excluding tert-OH is 1. The molecule has 0 atom stereocenters. The predicted octanol–water partition coefficient (Wildman–Crippen LogP) is 1.95. The lowest BCUT2D eigenvalue weighted by atomic mass is 10.3. The van der Waals surface area contributed by atoms with E-state index in [0.29, 0.717) is 22.9 Å². The molecule has 0 aromatic carbocycles. The lowest BCUT2D eigenvalue weighted by Gasteiger charge is -2.09. The maximum Gasteiger partial charge on any atom is 0.453 e. The van der Waals surface area contributed by atoms with Crippen molar-refractivity contribution in [2.24, 2.45) is 0 Å². The molecule has 7 nitrogen and oxygen atoms in total. The van der Waals surface area contributed by atoms with E-state index >= 15 is 0 Å². The largest absolute Gasteiger partial charge is 0.453 e. The highest BCUT2D eigenvalue weighted by atomic mass is 19.4. The number of anilines is 1. The fourth-order valence-electron chi connectivity index (χ4n) is 2.13. The quantitative estimate of drug-likeness (QED) is 0.756. The molecule has 0 aliphatic rings. The summed E-state index contributed by atoms with van der Waals surface area (Å²) in [7, 11) is 0. The van der Waals surface area contributed by atoms with E-state index < -0.39 is 12.0 Å². The second kappa shape index (κ2) is 6.04. The van der Waals surface area contributed by atoms with E-state index in [1.807, 2.05) is 0 Å². The minimum atomic E-state index is -4.64. The molecule has 0 spiro atoms. The fraction of sp³-hybridized carbons (Fsp3) is 0.286. The summed E-state index contributed by atoms with van der Waals surface area (Å²) < 4.78 is 39.3. The van der Waals surface area contributed by atoms with E-state index in [9.17, 15) is 13.2 Å². The first-order valence-electron chi connectivity index (χ1n) is 6.98. The van der Waals surface area contributed by atoms with Gasteiger partial charge < -0.3 is 10.4 Å². The van der Waals surface area contributed by atoms with Gasteiger partial charge in [0.2, 0.25) is 0 Å². The highest BCUT2D eigenvalue weighted by Crippen LogP contribution is 2.27. The number of nitrogens with zero attached hydrogens (tertiary/aromatic N) is 5. The van der Waals surface area contributed by atoms with Crippen LogP contribution in [0.1, 0.15) is 22.9 Å². The number of aromatic nitrogens is 5. The van der Waals surface area contributed by atoms with Crippen LogP contribution in [0.15, 0.2) is 24.3 Å². The number of hydrogen-bond acceptors (Lipinski definition) is 6. The van der Waals surface area contributed by atoms with Crippen molar-refractivity contribution in [2.45, 2.75) is 26.3 Å². The van der Waals surface area contributed by atoms with Gasteiger partial charge in [-0.2, -0.15) is 22.7 Å². The summed E-state index contributed by atoms with van der Waals surface area (Å²) in [6, 6.07) is 6.71. The summed E-state index contributed by atoms with van der Waals surface area (Å²) in [6.45, 7) is 1.70. The Hall–Kier alpha value is -2.75. The van der Waals surface area contributed by atoms with Gasteiger partial charge in [-0.3, -0.25) is 4.98 Å². The Bertz CT molecular complexity index is 877. The van der Waals surface area contributed by atoms with Crippen LogP contribution in [0.3, 0.4) is 0 Å². The van der Waals surface area contributed by atoms with Crippen molar-refractivity contribution in [3.63, 3.8) is 0 Å². The zero-order chi connectivity index (χ0) is 17.3.